The lowest BCUT2D eigenvalue weighted by Crippen LogP contribution is -2.45. The van der Waals surface area contributed by atoms with Crippen molar-refractivity contribution in [3.8, 4) is 12.3 Å². The van der Waals surface area contributed by atoms with Crippen LogP contribution in [0.5, 0.6) is 0 Å². The molecule has 2 N–H and O–H groups in total. The molecule has 0 bridgehead atoms. The fraction of sp³-hybridized carbons (Fsp3) is 0.786. The van der Waals surface area contributed by atoms with Gasteiger partial charge in [-0.2, -0.15) is 0 Å². The Morgan fingerprint density at radius 2 is 2.39 bits per heavy atom. The van der Waals surface area contributed by atoms with Crippen molar-refractivity contribution < 1.29 is 4.79 Å². The maximum atomic E-state index is 11.7. The van der Waals surface area contributed by atoms with E-state index in [1.807, 2.05) is 0 Å². The maximum absolute atomic E-state index is 11.7. The van der Waals surface area contributed by atoms with Crippen molar-refractivity contribution in [1.82, 2.24) is 15.5 Å². The van der Waals surface area contributed by atoms with Crippen LogP contribution in [0.2, 0.25) is 0 Å². The van der Waals surface area contributed by atoms with Crippen LogP contribution in [0.3, 0.4) is 0 Å². The standard InChI is InChI=1S/C14H25N3O/c1-4-7-16-14(18)11-17(12(2)3)10-13-6-5-8-15-9-13/h1,12-13,15H,5-11H2,2-3H3,(H,16,18). The molecule has 1 aliphatic heterocycles. The zero-order valence-corrected chi connectivity index (χ0v) is 11.5. The fourth-order valence-electron chi connectivity index (χ4n) is 2.26. The average molecular weight is 251 g/mol. The summed E-state index contributed by atoms with van der Waals surface area (Å²) in [6.45, 7) is 8.19. The zero-order chi connectivity index (χ0) is 13.4. The van der Waals surface area contributed by atoms with Gasteiger partial charge in [-0.25, -0.2) is 0 Å². The minimum Gasteiger partial charge on any atom is -0.344 e. The van der Waals surface area contributed by atoms with Crippen molar-refractivity contribution in [2.75, 3.05) is 32.7 Å². The van der Waals surface area contributed by atoms with Gasteiger partial charge in [0, 0.05) is 12.6 Å². The van der Waals surface area contributed by atoms with E-state index in [4.69, 9.17) is 6.42 Å². The molecular formula is C14H25N3O. The van der Waals surface area contributed by atoms with Crippen molar-refractivity contribution in [1.29, 1.82) is 0 Å². The molecule has 0 saturated carbocycles. The summed E-state index contributed by atoms with van der Waals surface area (Å²) in [4.78, 5) is 13.9. The number of amides is 1. The number of nitrogens with one attached hydrogen (secondary N) is 2. The van der Waals surface area contributed by atoms with Gasteiger partial charge in [0.05, 0.1) is 13.1 Å². The summed E-state index contributed by atoms with van der Waals surface area (Å²) >= 11 is 0. The first kappa shape index (κ1) is 15.0. The molecule has 1 unspecified atom stereocenters. The molecule has 1 saturated heterocycles. The minimum absolute atomic E-state index is 0.0189. The van der Waals surface area contributed by atoms with E-state index in [0.717, 1.165) is 19.6 Å². The second-order valence-electron chi connectivity index (χ2n) is 5.22. The van der Waals surface area contributed by atoms with Crippen LogP contribution in [0.15, 0.2) is 0 Å². The zero-order valence-electron chi connectivity index (χ0n) is 11.5. The Morgan fingerprint density at radius 1 is 1.61 bits per heavy atom. The Labute approximate surface area is 110 Å². The monoisotopic (exact) mass is 251 g/mol. The number of carbonyl (C=O) groups excluding carboxylic acids is 1. The molecule has 102 valence electrons. The molecule has 0 aromatic heterocycles. The minimum atomic E-state index is 0.0189. The summed E-state index contributed by atoms with van der Waals surface area (Å²) in [7, 11) is 0. The van der Waals surface area contributed by atoms with Crippen LogP contribution in [0.25, 0.3) is 0 Å². The van der Waals surface area contributed by atoms with Gasteiger partial charge in [0.2, 0.25) is 5.91 Å². The third-order valence-corrected chi connectivity index (χ3v) is 3.36. The largest absolute Gasteiger partial charge is 0.344 e. The molecule has 4 nitrogen and oxygen atoms in total. The van der Waals surface area contributed by atoms with Crippen LogP contribution >= 0.6 is 0 Å². The topological polar surface area (TPSA) is 44.4 Å². The highest BCUT2D eigenvalue weighted by molar-refractivity contribution is 5.78. The van der Waals surface area contributed by atoms with Crippen molar-refractivity contribution in [2.45, 2.75) is 32.7 Å². The number of carbonyl (C=O) groups is 1. The molecular weight excluding hydrogens is 226 g/mol. The fourth-order valence-corrected chi connectivity index (χ4v) is 2.26. The predicted octanol–water partition coefficient (Wildman–Crippen LogP) is 0.446. The number of nitrogens with zero attached hydrogens (tertiary/aromatic N) is 1. The first-order valence-electron chi connectivity index (χ1n) is 6.78. The quantitative estimate of drug-likeness (QED) is 0.674. The molecule has 4 heteroatoms. The molecule has 1 atom stereocenters. The normalized spacial score (nSPS) is 19.8. The van der Waals surface area contributed by atoms with Crippen molar-refractivity contribution in [2.24, 2.45) is 5.92 Å². The summed E-state index contributed by atoms with van der Waals surface area (Å²) in [5.74, 6) is 3.10. The highest BCUT2D eigenvalue weighted by Gasteiger charge is 2.20. The van der Waals surface area contributed by atoms with Gasteiger partial charge in [-0.3, -0.25) is 9.69 Å². The van der Waals surface area contributed by atoms with Crippen molar-refractivity contribution in [3.63, 3.8) is 0 Å². The van der Waals surface area contributed by atoms with Gasteiger partial charge in [-0.15, -0.1) is 6.42 Å². The third-order valence-electron chi connectivity index (χ3n) is 3.36. The number of rotatable bonds is 6. The molecule has 1 heterocycles. The van der Waals surface area contributed by atoms with Crippen LogP contribution in [0.1, 0.15) is 26.7 Å². The summed E-state index contributed by atoms with van der Waals surface area (Å²) in [6, 6.07) is 0.378. The molecule has 0 aromatic carbocycles. The highest BCUT2D eigenvalue weighted by Crippen LogP contribution is 2.13. The predicted molar refractivity (Wildman–Crippen MR) is 74.1 cm³/mol. The van der Waals surface area contributed by atoms with E-state index in [1.54, 1.807) is 0 Å². The maximum Gasteiger partial charge on any atom is 0.234 e. The molecule has 1 amide bonds. The summed E-state index contributed by atoms with van der Waals surface area (Å²) in [5.41, 5.74) is 0. The van der Waals surface area contributed by atoms with E-state index in [2.05, 4.69) is 35.3 Å². The van der Waals surface area contributed by atoms with E-state index < -0.39 is 0 Å². The molecule has 1 aliphatic rings. The first-order valence-corrected chi connectivity index (χ1v) is 6.78. The van der Waals surface area contributed by atoms with Gasteiger partial charge in [-0.05, 0) is 45.7 Å². The lowest BCUT2D eigenvalue weighted by Gasteiger charge is -2.32. The Bertz CT molecular complexity index is 290. The summed E-state index contributed by atoms with van der Waals surface area (Å²) in [5, 5.41) is 6.14. The Hall–Kier alpha value is -1.05. The van der Waals surface area contributed by atoms with Crippen molar-refractivity contribution in [3.05, 3.63) is 0 Å². The van der Waals surface area contributed by atoms with E-state index in [9.17, 15) is 4.79 Å². The number of terminal acetylenes is 1. The number of piperidine rings is 1. The van der Waals surface area contributed by atoms with E-state index in [0.29, 0.717) is 25.0 Å². The molecule has 0 aliphatic carbocycles. The van der Waals surface area contributed by atoms with Gasteiger partial charge in [-0.1, -0.05) is 5.92 Å². The van der Waals surface area contributed by atoms with Crippen LogP contribution in [0, 0.1) is 18.3 Å². The Kier molecular flexibility index (Phi) is 6.77. The van der Waals surface area contributed by atoms with Gasteiger partial charge < -0.3 is 10.6 Å². The molecule has 1 rings (SSSR count). The van der Waals surface area contributed by atoms with E-state index in [-0.39, 0.29) is 5.91 Å². The molecule has 0 spiro atoms. The first-order chi connectivity index (χ1) is 8.63. The third kappa shape index (κ3) is 5.52. The average Bonchev–Trinajstić information content (AvgIpc) is 2.36. The van der Waals surface area contributed by atoms with Gasteiger partial charge in [0.1, 0.15) is 0 Å². The smallest absolute Gasteiger partial charge is 0.234 e. The molecule has 1 fully saturated rings. The molecule has 0 radical (unpaired) electrons. The van der Waals surface area contributed by atoms with E-state index >= 15 is 0 Å². The lowest BCUT2D eigenvalue weighted by molar-refractivity contribution is -0.122. The lowest BCUT2D eigenvalue weighted by atomic mass is 9.98. The molecule has 18 heavy (non-hydrogen) atoms. The van der Waals surface area contributed by atoms with Crippen LogP contribution in [0.4, 0.5) is 0 Å². The Morgan fingerprint density at radius 3 is 2.94 bits per heavy atom. The van der Waals surface area contributed by atoms with Crippen LogP contribution in [-0.2, 0) is 4.79 Å². The second kappa shape index (κ2) is 8.12. The van der Waals surface area contributed by atoms with E-state index in [1.165, 1.54) is 12.8 Å². The highest BCUT2D eigenvalue weighted by atomic mass is 16.2. The summed E-state index contributed by atoms with van der Waals surface area (Å²) < 4.78 is 0. The van der Waals surface area contributed by atoms with Gasteiger partial charge >= 0.3 is 0 Å². The van der Waals surface area contributed by atoms with Crippen LogP contribution in [-0.4, -0.2) is 49.6 Å². The Balaban J connectivity index is 2.39. The summed E-state index contributed by atoms with van der Waals surface area (Å²) in [6.07, 6.45) is 7.62. The molecule has 0 aromatic rings. The second-order valence-corrected chi connectivity index (χ2v) is 5.22. The number of hydrogen-bond acceptors (Lipinski definition) is 3. The SMILES string of the molecule is C#CCNC(=O)CN(CC1CCCNC1)C(C)C. The van der Waals surface area contributed by atoms with Gasteiger partial charge in [0.15, 0.2) is 0 Å². The number of hydrogen-bond donors (Lipinski definition) is 2. The van der Waals surface area contributed by atoms with Crippen molar-refractivity contribution >= 4 is 5.91 Å². The van der Waals surface area contributed by atoms with Gasteiger partial charge in [0.25, 0.3) is 0 Å². The van der Waals surface area contributed by atoms with Crippen LogP contribution < -0.4 is 10.6 Å².